The Balaban J connectivity index is 0.000000963. The summed E-state index contributed by atoms with van der Waals surface area (Å²) in [6.07, 6.45) is 6.14. The third-order valence-electron chi connectivity index (χ3n) is 3.16. The Hall–Kier alpha value is -1.34. The number of benzene rings is 1. The molecule has 3 rings (SSSR count). The standard InChI is InChI=1S/C14H13N.ClH/c1-2-11-13-6-4-3-5-12(13)10-7-8-15-14(11)9-10;/h3-8H,2,9H2,1H3;1H. The second-order valence-corrected chi connectivity index (χ2v) is 3.97. The lowest BCUT2D eigenvalue weighted by Crippen LogP contribution is -2.06. The SMILES string of the molecule is CCC1=C2CC(=CC=N2)c2ccccc21.Cl. The molecule has 2 aliphatic rings. The van der Waals surface area contributed by atoms with Gasteiger partial charge in [0.15, 0.2) is 0 Å². The number of hydrogen-bond donors (Lipinski definition) is 0. The number of dihydropyridines is 1. The minimum atomic E-state index is 0. The molecule has 1 aromatic rings. The highest BCUT2D eigenvalue weighted by molar-refractivity contribution is 5.96. The number of aliphatic imine (C=N–C) groups is 1. The highest BCUT2D eigenvalue weighted by Crippen LogP contribution is 2.40. The second kappa shape index (κ2) is 4.26. The van der Waals surface area contributed by atoms with Crippen molar-refractivity contribution in [2.24, 2.45) is 4.99 Å². The number of nitrogens with zero attached hydrogens (tertiary/aromatic N) is 1. The number of allylic oxidation sites excluding steroid dienone is 3. The molecule has 0 unspecified atom stereocenters. The van der Waals surface area contributed by atoms with E-state index in [0.29, 0.717) is 0 Å². The normalized spacial score (nSPS) is 16.4. The molecule has 2 bridgehead atoms. The molecule has 1 heterocycles. The summed E-state index contributed by atoms with van der Waals surface area (Å²) in [6, 6.07) is 8.65. The average molecular weight is 232 g/mol. The van der Waals surface area contributed by atoms with Crippen molar-refractivity contribution in [3.8, 4) is 0 Å². The summed E-state index contributed by atoms with van der Waals surface area (Å²) < 4.78 is 0. The Labute approximate surface area is 102 Å². The summed E-state index contributed by atoms with van der Waals surface area (Å²) in [5.41, 5.74) is 6.86. The molecule has 82 valence electrons. The third-order valence-corrected chi connectivity index (χ3v) is 3.16. The van der Waals surface area contributed by atoms with Crippen molar-refractivity contribution in [1.29, 1.82) is 0 Å². The number of halogens is 1. The van der Waals surface area contributed by atoms with Gasteiger partial charge in [-0.05, 0) is 34.8 Å². The van der Waals surface area contributed by atoms with Gasteiger partial charge in [-0.25, -0.2) is 0 Å². The molecule has 0 saturated carbocycles. The fourth-order valence-electron chi connectivity index (χ4n) is 2.45. The molecular formula is C14H14ClN. The van der Waals surface area contributed by atoms with Crippen LogP contribution in [0.1, 0.15) is 30.9 Å². The quantitative estimate of drug-likeness (QED) is 0.690. The van der Waals surface area contributed by atoms with Gasteiger partial charge in [0.2, 0.25) is 0 Å². The van der Waals surface area contributed by atoms with Crippen molar-refractivity contribution in [3.63, 3.8) is 0 Å². The van der Waals surface area contributed by atoms with Gasteiger partial charge >= 0.3 is 0 Å². The first-order valence-electron chi connectivity index (χ1n) is 5.45. The molecule has 16 heavy (non-hydrogen) atoms. The molecule has 0 radical (unpaired) electrons. The van der Waals surface area contributed by atoms with Crippen LogP contribution in [0.25, 0.3) is 11.1 Å². The minimum Gasteiger partial charge on any atom is -0.261 e. The van der Waals surface area contributed by atoms with Crippen molar-refractivity contribution in [3.05, 3.63) is 47.2 Å². The van der Waals surface area contributed by atoms with Crippen LogP contribution < -0.4 is 0 Å². The lowest BCUT2D eigenvalue weighted by molar-refractivity contribution is 1.09. The van der Waals surface area contributed by atoms with Gasteiger partial charge in [-0.2, -0.15) is 0 Å². The Morgan fingerprint density at radius 3 is 2.69 bits per heavy atom. The first kappa shape index (κ1) is 11.2. The van der Waals surface area contributed by atoms with E-state index in [1.165, 1.54) is 28.0 Å². The smallest absolute Gasteiger partial charge is 0.0485 e. The largest absolute Gasteiger partial charge is 0.261 e. The van der Waals surface area contributed by atoms with E-state index in [4.69, 9.17) is 0 Å². The highest BCUT2D eigenvalue weighted by Gasteiger charge is 2.21. The maximum atomic E-state index is 4.48. The van der Waals surface area contributed by atoms with E-state index >= 15 is 0 Å². The van der Waals surface area contributed by atoms with Crippen molar-refractivity contribution in [1.82, 2.24) is 0 Å². The molecule has 1 aliphatic carbocycles. The second-order valence-electron chi connectivity index (χ2n) is 3.97. The van der Waals surface area contributed by atoms with E-state index in [1.807, 2.05) is 6.21 Å². The van der Waals surface area contributed by atoms with Crippen LogP contribution in [0.4, 0.5) is 0 Å². The zero-order valence-electron chi connectivity index (χ0n) is 9.23. The minimum absolute atomic E-state index is 0. The highest BCUT2D eigenvalue weighted by atomic mass is 35.5. The number of hydrogen-bond acceptors (Lipinski definition) is 1. The van der Waals surface area contributed by atoms with Crippen molar-refractivity contribution < 1.29 is 0 Å². The van der Waals surface area contributed by atoms with E-state index in [9.17, 15) is 0 Å². The molecular weight excluding hydrogens is 218 g/mol. The van der Waals surface area contributed by atoms with Gasteiger partial charge in [0.05, 0.1) is 0 Å². The van der Waals surface area contributed by atoms with E-state index < -0.39 is 0 Å². The van der Waals surface area contributed by atoms with Crippen LogP contribution in [-0.2, 0) is 0 Å². The zero-order valence-corrected chi connectivity index (χ0v) is 10.1. The first-order valence-corrected chi connectivity index (χ1v) is 5.45. The van der Waals surface area contributed by atoms with Gasteiger partial charge in [-0.3, -0.25) is 4.99 Å². The predicted molar refractivity (Wildman–Crippen MR) is 72.0 cm³/mol. The lowest BCUT2D eigenvalue weighted by atomic mass is 9.83. The molecule has 0 atom stereocenters. The first-order chi connectivity index (χ1) is 7.40. The topological polar surface area (TPSA) is 12.4 Å². The number of fused-ring (bicyclic) bond motifs is 4. The van der Waals surface area contributed by atoms with Gasteiger partial charge in [0.25, 0.3) is 0 Å². The van der Waals surface area contributed by atoms with Gasteiger partial charge in [-0.1, -0.05) is 31.2 Å². The summed E-state index contributed by atoms with van der Waals surface area (Å²) in [6.45, 7) is 2.21. The summed E-state index contributed by atoms with van der Waals surface area (Å²) in [4.78, 5) is 4.48. The van der Waals surface area contributed by atoms with Crippen LogP contribution in [-0.4, -0.2) is 6.21 Å². The molecule has 0 spiro atoms. The van der Waals surface area contributed by atoms with Gasteiger partial charge in [-0.15, -0.1) is 12.4 Å². The van der Waals surface area contributed by atoms with Crippen LogP contribution in [0.15, 0.2) is 41.0 Å². The summed E-state index contributed by atoms with van der Waals surface area (Å²) >= 11 is 0. The van der Waals surface area contributed by atoms with Gasteiger partial charge < -0.3 is 0 Å². The Morgan fingerprint density at radius 1 is 1.19 bits per heavy atom. The van der Waals surface area contributed by atoms with E-state index in [2.05, 4.69) is 42.3 Å². The molecule has 0 aromatic heterocycles. The van der Waals surface area contributed by atoms with Crippen LogP contribution in [0, 0.1) is 0 Å². The molecule has 0 fully saturated rings. The molecule has 0 saturated heterocycles. The lowest BCUT2D eigenvalue weighted by Gasteiger charge is -2.24. The van der Waals surface area contributed by atoms with Crippen LogP contribution in [0.3, 0.4) is 0 Å². The summed E-state index contributed by atoms with van der Waals surface area (Å²) in [7, 11) is 0. The third kappa shape index (κ3) is 1.52. The molecule has 0 N–H and O–H groups in total. The Bertz CT molecular complexity index is 509. The average Bonchev–Trinajstić information content (AvgIpc) is 2.30. The van der Waals surface area contributed by atoms with E-state index in [1.54, 1.807) is 0 Å². The van der Waals surface area contributed by atoms with Crippen LogP contribution in [0.5, 0.6) is 0 Å². The van der Waals surface area contributed by atoms with E-state index in [0.717, 1.165) is 12.8 Å². The van der Waals surface area contributed by atoms with Crippen LogP contribution >= 0.6 is 12.4 Å². The van der Waals surface area contributed by atoms with E-state index in [-0.39, 0.29) is 12.4 Å². The summed E-state index contributed by atoms with van der Waals surface area (Å²) in [5, 5.41) is 0. The molecule has 2 heteroatoms. The Kier molecular flexibility index (Phi) is 2.97. The summed E-state index contributed by atoms with van der Waals surface area (Å²) in [5.74, 6) is 0. The van der Waals surface area contributed by atoms with Crippen molar-refractivity contribution >= 4 is 29.8 Å². The van der Waals surface area contributed by atoms with Gasteiger partial charge in [0, 0.05) is 18.3 Å². The molecule has 1 aliphatic heterocycles. The fourth-order valence-corrected chi connectivity index (χ4v) is 2.45. The predicted octanol–water partition coefficient (Wildman–Crippen LogP) is 4.10. The fraction of sp³-hybridized carbons (Fsp3) is 0.214. The Morgan fingerprint density at radius 2 is 1.94 bits per heavy atom. The maximum Gasteiger partial charge on any atom is 0.0485 e. The van der Waals surface area contributed by atoms with Crippen molar-refractivity contribution in [2.75, 3.05) is 0 Å². The zero-order chi connectivity index (χ0) is 10.3. The molecule has 1 aromatic carbocycles. The molecule has 0 amide bonds. The van der Waals surface area contributed by atoms with Crippen LogP contribution in [0.2, 0.25) is 0 Å². The maximum absolute atomic E-state index is 4.48. The monoisotopic (exact) mass is 231 g/mol. The number of rotatable bonds is 1. The van der Waals surface area contributed by atoms with Gasteiger partial charge in [0.1, 0.15) is 0 Å². The molecule has 1 nitrogen and oxygen atoms in total. The van der Waals surface area contributed by atoms with Crippen molar-refractivity contribution in [2.45, 2.75) is 19.8 Å².